The average molecular weight is 834 g/mol. The van der Waals surface area contributed by atoms with Gasteiger partial charge >= 0.3 is 0 Å². The summed E-state index contributed by atoms with van der Waals surface area (Å²) in [6.07, 6.45) is 8.85. The van der Waals surface area contributed by atoms with Gasteiger partial charge in [-0.15, -0.1) is 5.10 Å². The van der Waals surface area contributed by atoms with Crippen LogP contribution in [0.5, 0.6) is 0 Å². The van der Waals surface area contributed by atoms with Gasteiger partial charge in [0.1, 0.15) is 22.6 Å². The highest BCUT2D eigenvalue weighted by molar-refractivity contribution is 6.33. The normalized spacial score (nSPS) is 19.3. The molecule has 0 spiro atoms. The van der Waals surface area contributed by atoms with Gasteiger partial charge in [-0.25, -0.2) is 9.67 Å². The number of halogens is 1. The number of fused-ring (bicyclic) bond motifs is 2. The van der Waals surface area contributed by atoms with E-state index in [9.17, 15) is 19.2 Å². The largest absolute Gasteiger partial charge is 0.379 e. The molecule has 1 saturated heterocycles. The molecule has 2 aliphatic heterocycles. The molecule has 3 aromatic heterocycles. The number of anilines is 2. The Morgan fingerprint density at radius 1 is 0.915 bits per heavy atom. The Balaban J connectivity index is 0.714. The molecule has 7 rings (SSSR count). The smallest absolute Gasteiger partial charge is 0.262 e. The summed E-state index contributed by atoms with van der Waals surface area (Å²) < 4.78 is 20.6. The fraction of sp³-hybridized carbons (Fsp3) is 0.550. The van der Waals surface area contributed by atoms with E-state index < -0.39 is 29.7 Å². The summed E-state index contributed by atoms with van der Waals surface area (Å²) in [7, 11) is 0. The maximum absolute atomic E-state index is 13.1. The van der Waals surface area contributed by atoms with E-state index in [1.807, 2.05) is 4.52 Å². The molecule has 1 unspecified atom stereocenters. The average Bonchev–Trinajstić information content (AvgIpc) is 4.02. The molecule has 4 aromatic rings. The zero-order valence-electron chi connectivity index (χ0n) is 33.5. The van der Waals surface area contributed by atoms with Crippen LogP contribution >= 0.6 is 11.6 Å². The van der Waals surface area contributed by atoms with Gasteiger partial charge in [0.2, 0.25) is 11.8 Å². The van der Waals surface area contributed by atoms with E-state index in [1.54, 1.807) is 35.3 Å². The van der Waals surface area contributed by atoms with E-state index in [0.29, 0.717) is 92.8 Å². The molecule has 316 valence electrons. The highest BCUT2D eigenvalue weighted by Gasteiger charge is 2.44. The predicted octanol–water partition coefficient (Wildman–Crippen LogP) is 3.56. The van der Waals surface area contributed by atoms with E-state index in [1.165, 1.54) is 0 Å². The number of carbonyl (C=O) groups excluding carboxylic acids is 4. The molecular formula is C40H52ClN11O7. The van der Waals surface area contributed by atoms with Gasteiger partial charge in [0.15, 0.2) is 5.65 Å². The van der Waals surface area contributed by atoms with Gasteiger partial charge in [-0.05, 0) is 56.7 Å². The maximum Gasteiger partial charge on any atom is 0.262 e. The second-order valence-electron chi connectivity index (χ2n) is 15.0. The van der Waals surface area contributed by atoms with E-state index in [-0.39, 0.29) is 24.0 Å². The van der Waals surface area contributed by atoms with Crippen LogP contribution in [0.2, 0.25) is 5.02 Å². The molecule has 2 fully saturated rings. The van der Waals surface area contributed by atoms with Crippen molar-refractivity contribution in [3.63, 3.8) is 0 Å². The molecule has 3 atom stereocenters. The number of carbonyl (C=O) groups is 4. The quantitative estimate of drug-likeness (QED) is 0.0660. The first-order chi connectivity index (χ1) is 28.7. The van der Waals surface area contributed by atoms with Crippen molar-refractivity contribution in [3.05, 3.63) is 64.2 Å². The molecule has 4 amide bonds. The third-order valence-electron chi connectivity index (χ3n) is 11.0. The van der Waals surface area contributed by atoms with Gasteiger partial charge < -0.3 is 30.2 Å². The predicted molar refractivity (Wildman–Crippen MR) is 217 cm³/mol. The minimum atomic E-state index is -1.01. The molecule has 4 N–H and O–H groups in total. The molecule has 1 aliphatic carbocycles. The summed E-state index contributed by atoms with van der Waals surface area (Å²) in [5.74, 6) is -0.833. The number of piperidine rings is 1. The summed E-state index contributed by atoms with van der Waals surface area (Å²) in [4.78, 5) is 55.6. The molecule has 1 aromatic carbocycles. The van der Waals surface area contributed by atoms with Gasteiger partial charge in [-0.3, -0.25) is 29.4 Å². The summed E-state index contributed by atoms with van der Waals surface area (Å²) >= 11 is 6.42. The van der Waals surface area contributed by atoms with E-state index in [0.717, 1.165) is 55.1 Å². The molecule has 19 heteroatoms. The number of hydrogen-bond donors (Lipinski definition) is 4. The van der Waals surface area contributed by atoms with Gasteiger partial charge in [-0.2, -0.15) is 9.61 Å². The topological polar surface area (TPSA) is 208 Å². The highest BCUT2D eigenvalue weighted by atomic mass is 35.5. The Kier molecular flexibility index (Phi) is 14.2. The third kappa shape index (κ3) is 10.2. The summed E-state index contributed by atoms with van der Waals surface area (Å²) in [6, 6.07) is 6.71. The van der Waals surface area contributed by atoms with Crippen LogP contribution in [0.15, 0.2) is 36.7 Å². The standard InChI is InChI=1S/C40H52ClN11O7/c1-3-25(4-2)33-21-35(52-37(46-33)32(41)23-44-52)45-28-6-5-26(19-28)42-11-13-57-15-17-59-18-16-58-14-12-50-24-29(48-49-50)22-43-27-7-8-30-31(20-27)40(56)51(39(30)55)34-9-10-36(53)47-38(34)54/h7-8,20-21,23-26,28,34,42-43,45H,3-6,9-19,22H2,1-2H3,(H,47,53,54)/t26-,28-,34?/m0/s1. The summed E-state index contributed by atoms with van der Waals surface area (Å²) in [5.41, 5.74) is 3.47. The molecule has 0 bridgehead atoms. The summed E-state index contributed by atoms with van der Waals surface area (Å²) in [6.45, 7) is 8.95. The van der Waals surface area contributed by atoms with Crippen LogP contribution < -0.4 is 21.3 Å². The fourth-order valence-corrected chi connectivity index (χ4v) is 7.98. The second kappa shape index (κ2) is 19.8. The van der Waals surface area contributed by atoms with Crippen LogP contribution in [0.4, 0.5) is 11.5 Å². The van der Waals surface area contributed by atoms with Crippen LogP contribution in [0.3, 0.4) is 0 Å². The van der Waals surface area contributed by atoms with Crippen molar-refractivity contribution in [1.29, 1.82) is 0 Å². The number of hydrogen-bond acceptors (Lipinski definition) is 14. The number of amides is 4. The lowest BCUT2D eigenvalue weighted by Gasteiger charge is -2.27. The Morgan fingerprint density at radius 2 is 1.66 bits per heavy atom. The van der Waals surface area contributed by atoms with Crippen LogP contribution in [0, 0.1) is 0 Å². The lowest BCUT2D eigenvalue weighted by atomic mass is 9.99. The number of imide groups is 2. The number of nitrogens with one attached hydrogen (secondary N) is 4. The third-order valence-corrected chi connectivity index (χ3v) is 11.3. The number of aromatic nitrogens is 6. The Bertz CT molecular complexity index is 2120. The first-order valence-corrected chi connectivity index (χ1v) is 20.9. The Labute approximate surface area is 347 Å². The van der Waals surface area contributed by atoms with Crippen molar-refractivity contribution in [2.45, 2.75) is 95.9 Å². The number of rotatable bonds is 22. The van der Waals surface area contributed by atoms with Crippen LogP contribution in [-0.4, -0.2) is 122 Å². The second-order valence-corrected chi connectivity index (χ2v) is 15.4. The molecule has 3 aliphatic rings. The van der Waals surface area contributed by atoms with Gasteiger partial charge in [0.05, 0.1) is 76.3 Å². The molecule has 0 radical (unpaired) electrons. The molecule has 18 nitrogen and oxygen atoms in total. The SMILES string of the molecule is CCC(CC)c1cc(N[C@H]2CC[C@H](NCCOCCOCCOCCn3cc(CNc4ccc5c(c4)C(=O)N(C4CCC(=O)NC4=O)C5=O)nn3)C2)n2ncc(Cl)c2n1. The van der Waals surface area contributed by atoms with Gasteiger partial charge in [0, 0.05) is 48.4 Å². The summed E-state index contributed by atoms with van der Waals surface area (Å²) in [5, 5.41) is 26.1. The first kappa shape index (κ1) is 42.1. The van der Waals surface area contributed by atoms with E-state index in [2.05, 4.69) is 56.6 Å². The lowest BCUT2D eigenvalue weighted by molar-refractivity contribution is -0.136. The zero-order valence-corrected chi connectivity index (χ0v) is 34.2. The van der Waals surface area contributed by atoms with Crippen molar-refractivity contribution in [2.75, 3.05) is 56.8 Å². The number of nitrogens with zero attached hydrogens (tertiary/aromatic N) is 7. The molecule has 59 heavy (non-hydrogen) atoms. The Morgan fingerprint density at radius 3 is 2.44 bits per heavy atom. The van der Waals surface area contributed by atoms with Gasteiger partial charge in [-0.1, -0.05) is 30.7 Å². The van der Waals surface area contributed by atoms with Crippen molar-refractivity contribution >= 4 is 52.4 Å². The van der Waals surface area contributed by atoms with Crippen molar-refractivity contribution in [3.8, 4) is 0 Å². The minimum absolute atomic E-state index is 0.0668. The monoisotopic (exact) mass is 833 g/mol. The van der Waals surface area contributed by atoms with Crippen LogP contribution in [0.1, 0.15) is 96.8 Å². The lowest BCUT2D eigenvalue weighted by Crippen LogP contribution is -2.54. The number of benzene rings is 1. The molecule has 1 saturated carbocycles. The van der Waals surface area contributed by atoms with E-state index in [4.69, 9.17) is 30.8 Å². The zero-order chi connectivity index (χ0) is 41.3. The van der Waals surface area contributed by atoms with Crippen LogP contribution in [-0.2, 0) is 36.9 Å². The number of ether oxygens (including phenoxy) is 3. The van der Waals surface area contributed by atoms with Crippen molar-refractivity contribution in [1.82, 2.24) is 45.1 Å². The minimum Gasteiger partial charge on any atom is -0.379 e. The van der Waals surface area contributed by atoms with Crippen molar-refractivity contribution in [2.24, 2.45) is 0 Å². The first-order valence-electron chi connectivity index (χ1n) is 20.5. The maximum atomic E-state index is 13.1. The highest BCUT2D eigenvalue weighted by Crippen LogP contribution is 2.31. The van der Waals surface area contributed by atoms with Crippen molar-refractivity contribution < 1.29 is 33.4 Å². The molecular weight excluding hydrogens is 782 g/mol. The van der Waals surface area contributed by atoms with E-state index >= 15 is 0 Å². The van der Waals surface area contributed by atoms with Crippen LogP contribution in [0.25, 0.3) is 5.65 Å². The fourth-order valence-electron chi connectivity index (χ4n) is 7.82. The Hall–Kier alpha value is -5.01. The molecule has 5 heterocycles. The van der Waals surface area contributed by atoms with Gasteiger partial charge in [0.25, 0.3) is 11.8 Å².